The highest BCUT2D eigenvalue weighted by atomic mass is 19.4. The van der Waals surface area contributed by atoms with Crippen molar-refractivity contribution >= 4 is 5.91 Å². The van der Waals surface area contributed by atoms with Crippen LogP contribution in [-0.2, 0) is 19.1 Å². The van der Waals surface area contributed by atoms with Gasteiger partial charge in [-0.05, 0) is 55.3 Å². The molecule has 3 rings (SSSR count). The first kappa shape index (κ1) is 20.6. The molecule has 0 aliphatic heterocycles. The van der Waals surface area contributed by atoms with E-state index in [-0.39, 0.29) is 12.5 Å². The largest absolute Gasteiger partial charge is 0.416 e. The fraction of sp³-hybridized carbons (Fsp3) is 0.273. The van der Waals surface area contributed by atoms with Crippen molar-refractivity contribution in [2.24, 2.45) is 0 Å². The molecule has 7 heteroatoms. The van der Waals surface area contributed by atoms with Crippen LogP contribution in [0.3, 0.4) is 0 Å². The number of aryl methyl sites for hydroxylation is 2. The molecule has 1 N–H and O–H groups in total. The van der Waals surface area contributed by atoms with E-state index < -0.39 is 11.7 Å². The molecule has 0 unspecified atom stereocenters. The quantitative estimate of drug-likeness (QED) is 0.659. The number of nitrogens with one attached hydrogen (secondary N) is 1. The van der Waals surface area contributed by atoms with E-state index in [0.29, 0.717) is 24.2 Å². The second-order valence-corrected chi connectivity index (χ2v) is 6.93. The first-order valence-corrected chi connectivity index (χ1v) is 9.26. The topological polar surface area (TPSA) is 46.9 Å². The summed E-state index contributed by atoms with van der Waals surface area (Å²) in [5, 5.41) is 2.88. The van der Waals surface area contributed by atoms with Crippen LogP contribution in [0.15, 0.2) is 54.7 Å². The lowest BCUT2D eigenvalue weighted by Gasteiger charge is -2.14. The van der Waals surface area contributed by atoms with Crippen molar-refractivity contribution in [3.63, 3.8) is 0 Å². The molecule has 1 aromatic carbocycles. The SMILES string of the molecule is Cc1cc(C)n(Cc2cccc(C(F)(F)F)c2)c1C(=O)NCCc1ccccn1. The molecule has 0 aliphatic carbocycles. The smallest absolute Gasteiger partial charge is 0.350 e. The van der Waals surface area contributed by atoms with Crippen LogP contribution in [0.5, 0.6) is 0 Å². The summed E-state index contributed by atoms with van der Waals surface area (Å²) in [4.78, 5) is 17.0. The first-order valence-electron chi connectivity index (χ1n) is 9.26. The van der Waals surface area contributed by atoms with Gasteiger partial charge in [0.05, 0.1) is 5.56 Å². The van der Waals surface area contributed by atoms with Crippen molar-refractivity contribution in [3.8, 4) is 0 Å². The third-order valence-corrected chi connectivity index (χ3v) is 4.70. The molecule has 2 heterocycles. The fourth-order valence-corrected chi connectivity index (χ4v) is 3.32. The van der Waals surface area contributed by atoms with Crippen molar-refractivity contribution in [1.29, 1.82) is 0 Å². The number of carbonyl (C=O) groups is 1. The Kier molecular flexibility index (Phi) is 6.06. The molecular weight excluding hydrogens is 379 g/mol. The maximum Gasteiger partial charge on any atom is 0.416 e. The summed E-state index contributed by atoms with van der Waals surface area (Å²) in [6.07, 6.45) is -2.10. The zero-order valence-corrected chi connectivity index (χ0v) is 16.3. The van der Waals surface area contributed by atoms with Gasteiger partial charge in [0.1, 0.15) is 5.69 Å². The average molecular weight is 401 g/mol. The third kappa shape index (κ3) is 5.04. The minimum absolute atomic E-state index is 0.187. The van der Waals surface area contributed by atoms with Crippen LogP contribution in [0, 0.1) is 13.8 Å². The molecule has 0 saturated carbocycles. The van der Waals surface area contributed by atoms with Gasteiger partial charge in [-0.25, -0.2) is 0 Å². The summed E-state index contributed by atoms with van der Waals surface area (Å²) in [5.41, 5.74) is 2.72. The maximum atomic E-state index is 13.0. The highest BCUT2D eigenvalue weighted by Crippen LogP contribution is 2.30. The summed E-state index contributed by atoms with van der Waals surface area (Å²) >= 11 is 0. The molecule has 0 fully saturated rings. The maximum absolute atomic E-state index is 13.0. The van der Waals surface area contributed by atoms with Crippen LogP contribution >= 0.6 is 0 Å². The highest BCUT2D eigenvalue weighted by Gasteiger charge is 2.30. The Labute approximate surface area is 167 Å². The van der Waals surface area contributed by atoms with E-state index in [1.54, 1.807) is 16.8 Å². The summed E-state index contributed by atoms with van der Waals surface area (Å²) < 4.78 is 40.8. The summed E-state index contributed by atoms with van der Waals surface area (Å²) in [5.74, 6) is -0.251. The van der Waals surface area contributed by atoms with E-state index in [2.05, 4.69) is 10.3 Å². The summed E-state index contributed by atoms with van der Waals surface area (Å²) in [6.45, 7) is 4.27. The Morgan fingerprint density at radius 2 is 1.90 bits per heavy atom. The third-order valence-electron chi connectivity index (χ3n) is 4.70. The Morgan fingerprint density at radius 1 is 1.10 bits per heavy atom. The van der Waals surface area contributed by atoms with Crippen molar-refractivity contribution in [2.45, 2.75) is 33.0 Å². The molecule has 0 atom stereocenters. The van der Waals surface area contributed by atoms with Crippen LogP contribution in [0.2, 0.25) is 0 Å². The Hall–Kier alpha value is -3.09. The van der Waals surface area contributed by atoms with Crippen molar-refractivity contribution in [1.82, 2.24) is 14.9 Å². The molecule has 152 valence electrons. The van der Waals surface area contributed by atoms with Crippen LogP contribution in [-0.4, -0.2) is 22.0 Å². The number of nitrogens with zero attached hydrogens (tertiary/aromatic N) is 2. The van der Waals surface area contributed by atoms with Gasteiger partial charge < -0.3 is 9.88 Å². The molecule has 0 spiro atoms. The minimum atomic E-state index is -4.40. The van der Waals surface area contributed by atoms with E-state index in [0.717, 1.165) is 29.1 Å². The van der Waals surface area contributed by atoms with Crippen LogP contribution < -0.4 is 5.32 Å². The number of aromatic nitrogens is 2. The highest BCUT2D eigenvalue weighted by molar-refractivity contribution is 5.94. The molecular formula is C22H22F3N3O. The van der Waals surface area contributed by atoms with Gasteiger partial charge in [0, 0.05) is 37.1 Å². The fourth-order valence-electron chi connectivity index (χ4n) is 3.32. The number of carbonyl (C=O) groups excluding carboxylic acids is 1. The van der Waals surface area contributed by atoms with E-state index in [1.807, 2.05) is 38.1 Å². The standard InChI is InChI=1S/C22H22F3N3O/c1-15-12-16(2)28(14-17-6-5-7-18(13-17)22(23,24)25)20(15)21(29)27-11-9-19-8-3-4-10-26-19/h3-8,10,12-13H,9,11,14H2,1-2H3,(H,27,29). The number of benzene rings is 1. The normalized spacial score (nSPS) is 11.5. The second kappa shape index (κ2) is 8.51. The average Bonchev–Trinajstić information content (AvgIpc) is 2.95. The number of hydrogen-bond acceptors (Lipinski definition) is 2. The number of alkyl halides is 3. The van der Waals surface area contributed by atoms with E-state index in [1.165, 1.54) is 6.07 Å². The van der Waals surface area contributed by atoms with Gasteiger partial charge in [0.25, 0.3) is 5.91 Å². The van der Waals surface area contributed by atoms with Gasteiger partial charge in [-0.3, -0.25) is 9.78 Å². The van der Waals surface area contributed by atoms with E-state index in [9.17, 15) is 18.0 Å². The van der Waals surface area contributed by atoms with Gasteiger partial charge >= 0.3 is 6.18 Å². The Bertz CT molecular complexity index is 994. The molecule has 29 heavy (non-hydrogen) atoms. The van der Waals surface area contributed by atoms with Gasteiger partial charge in [0.15, 0.2) is 0 Å². The number of rotatable bonds is 6. The molecule has 3 aromatic rings. The lowest BCUT2D eigenvalue weighted by molar-refractivity contribution is -0.137. The minimum Gasteiger partial charge on any atom is -0.350 e. The zero-order chi connectivity index (χ0) is 21.0. The van der Waals surface area contributed by atoms with Crippen molar-refractivity contribution in [3.05, 3.63) is 88.5 Å². The van der Waals surface area contributed by atoms with Gasteiger partial charge in [0.2, 0.25) is 0 Å². The number of hydrogen-bond donors (Lipinski definition) is 1. The summed E-state index contributed by atoms with van der Waals surface area (Å²) in [6, 6.07) is 12.6. The van der Waals surface area contributed by atoms with Gasteiger partial charge in [-0.15, -0.1) is 0 Å². The molecule has 2 aromatic heterocycles. The van der Waals surface area contributed by atoms with Crippen LogP contribution in [0.4, 0.5) is 13.2 Å². The first-order chi connectivity index (χ1) is 13.8. The Morgan fingerprint density at radius 3 is 2.59 bits per heavy atom. The monoisotopic (exact) mass is 401 g/mol. The molecule has 4 nitrogen and oxygen atoms in total. The van der Waals surface area contributed by atoms with Crippen molar-refractivity contribution in [2.75, 3.05) is 6.54 Å². The number of amides is 1. The zero-order valence-electron chi connectivity index (χ0n) is 16.3. The molecule has 0 aliphatic rings. The Balaban J connectivity index is 1.76. The van der Waals surface area contributed by atoms with Gasteiger partial charge in [-0.2, -0.15) is 13.2 Å². The molecule has 0 radical (unpaired) electrons. The van der Waals surface area contributed by atoms with Crippen LogP contribution in [0.1, 0.15) is 38.6 Å². The van der Waals surface area contributed by atoms with Crippen LogP contribution in [0.25, 0.3) is 0 Å². The van der Waals surface area contributed by atoms with E-state index in [4.69, 9.17) is 0 Å². The molecule has 0 bridgehead atoms. The van der Waals surface area contributed by atoms with E-state index >= 15 is 0 Å². The lowest BCUT2D eigenvalue weighted by atomic mass is 10.1. The predicted octanol–water partition coefficient (Wildman–Crippen LogP) is 4.54. The van der Waals surface area contributed by atoms with Crippen molar-refractivity contribution < 1.29 is 18.0 Å². The second-order valence-electron chi connectivity index (χ2n) is 6.93. The van der Waals surface area contributed by atoms with Gasteiger partial charge in [-0.1, -0.05) is 18.2 Å². The summed E-state index contributed by atoms with van der Waals surface area (Å²) in [7, 11) is 0. The molecule has 0 saturated heterocycles. The number of pyridine rings is 1. The predicted molar refractivity (Wildman–Crippen MR) is 105 cm³/mol. The number of halogens is 3. The molecule has 1 amide bonds. The lowest BCUT2D eigenvalue weighted by Crippen LogP contribution is -2.29.